The minimum Gasteiger partial charge on any atom is -0.508 e. The fourth-order valence-corrected chi connectivity index (χ4v) is 1.99. The lowest BCUT2D eigenvalue weighted by Crippen LogP contribution is -2.42. The fourth-order valence-electron chi connectivity index (χ4n) is 1.99. The normalized spacial score (nSPS) is 12.3. The van der Waals surface area contributed by atoms with Crippen LogP contribution in [0.25, 0.3) is 0 Å². The molecule has 0 heterocycles. The van der Waals surface area contributed by atoms with Crippen LogP contribution >= 0.6 is 0 Å². The van der Waals surface area contributed by atoms with E-state index < -0.39 is 29.8 Å². The standard InChI is InChI=1S/C13H16FNO4/c1-7(2)15(8(3)16)12(13(18)19)10-6-9(14)4-5-11(10)17/h4-7,12,17H,1-3H3,(H,18,19). The van der Waals surface area contributed by atoms with Crippen molar-refractivity contribution in [2.24, 2.45) is 0 Å². The molecule has 104 valence electrons. The Morgan fingerprint density at radius 3 is 2.32 bits per heavy atom. The van der Waals surface area contributed by atoms with Gasteiger partial charge in [0.05, 0.1) is 0 Å². The van der Waals surface area contributed by atoms with Crippen LogP contribution in [0.4, 0.5) is 4.39 Å². The van der Waals surface area contributed by atoms with Crippen molar-refractivity contribution in [1.29, 1.82) is 0 Å². The zero-order chi connectivity index (χ0) is 14.7. The molecule has 0 aromatic heterocycles. The van der Waals surface area contributed by atoms with Gasteiger partial charge in [-0.05, 0) is 32.0 Å². The molecular weight excluding hydrogens is 253 g/mol. The number of phenolic OH excluding ortho intramolecular Hbond substituents is 1. The summed E-state index contributed by atoms with van der Waals surface area (Å²) in [6, 6.07) is 1.19. The smallest absolute Gasteiger partial charge is 0.331 e. The number of carboxylic acids is 1. The minimum absolute atomic E-state index is 0.142. The number of halogens is 1. The molecule has 5 nitrogen and oxygen atoms in total. The summed E-state index contributed by atoms with van der Waals surface area (Å²) in [7, 11) is 0. The molecule has 0 spiro atoms. The summed E-state index contributed by atoms with van der Waals surface area (Å²) in [5.74, 6) is -2.83. The molecule has 2 N–H and O–H groups in total. The van der Waals surface area contributed by atoms with Gasteiger partial charge >= 0.3 is 5.97 Å². The predicted octanol–water partition coefficient (Wildman–Crippen LogP) is 1.91. The van der Waals surface area contributed by atoms with E-state index in [1.165, 1.54) is 6.92 Å². The summed E-state index contributed by atoms with van der Waals surface area (Å²) in [6.07, 6.45) is 0. The molecule has 0 saturated heterocycles. The summed E-state index contributed by atoms with van der Waals surface area (Å²) >= 11 is 0. The number of nitrogens with zero attached hydrogens (tertiary/aromatic N) is 1. The van der Waals surface area contributed by atoms with Crippen molar-refractivity contribution in [2.75, 3.05) is 0 Å². The van der Waals surface area contributed by atoms with Crippen molar-refractivity contribution < 1.29 is 24.2 Å². The first-order chi connectivity index (χ1) is 8.75. The van der Waals surface area contributed by atoms with Crippen molar-refractivity contribution in [3.05, 3.63) is 29.6 Å². The van der Waals surface area contributed by atoms with Crippen molar-refractivity contribution in [1.82, 2.24) is 4.90 Å². The second kappa shape index (κ2) is 5.69. The van der Waals surface area contributed by atoms with Gasteiger partial charge in [0.15, 0.2) is 6.04 Å². The number of carbonyl (C=O) groups excluding carboxylic acids is 1. The Morgan fingerprint density at radius 1 is 1.32 bits per heavy atom. The van der Waals surface area contributed by atoms with E-state index in [0.29, 0.717) is 0 Å². The number of carbonyl (C=O) groups is 2. The van der Waals surface area contributed by atoms with E-state index in [2.05, 4.69) is 0 Å². The zero-order valence-electron chi connectivity index (χ0n) is 10.9. The summed E-state index contributed by atoms with van der Waals surface area (Å²) < 4.78 is 13.2. The van der Waals surface area contributed by atoms with Gasteiger partial charge in [-0.1, -0.05) is 0 Å². The summed E-state index contributed by atoms with van der Waals surface area (Å²) in [5, 5.41) is 19.0. The van der Waals surface area contributed by atoms with Gasteiger partial charge < -0.3 is 15.1 Å². The van der Waals surface area contributed by atoms with Crippen LogP contribution in [-0.4, -0.2) is 33.0 Å². The molecule has 1 amide bonds. The number of aliphatic carboxylic acids is 1. The van der Waals surface area contributed by atoms with Gasteiger partial charge in [-0.3, -0.25) is 4.79 Å². The highest BCUT2D eigenvalue weighted by molar-refractivity contribution is 5.84. The molecule has 1 aromatic carbocycles. The van der Waals surface area contributed by atoms with Crippen LogP contribution in [0.3, 0.4) is 0 Å². The topological polar surface area (TPSA) is 77.8 Å². The Labute approximate surface area is 110 Å². The third-order valence-electron chi connectivity index (χ3n) is 2.72. The van der Waals surface area contributed by atoms with Crippen molar-refractivity contribution in [3.63, 3.8) is 0 Å². The Hall–Kier alpha value is -2.11. The largest absolute Gasteiger partial charge is 0.508 e. The van der Waals surface area contributed by atoms with Crippen LogP contribution in [0.1, 0.15) is 32.4 Å². The lowest BCUT2D eigenvalue weighted by molar-refractivity contribution is -0.151. The number of rotatable bonds is 4. The van der Waals surface area contributed by atoms with E-state index >= 15 is 0 Å². The highest BCUT2D eigenvalue weighted by atomic mass is 19.1. The first-order valence-electron chi connectivity index (χ1n) is 5.75. The van der Waals surface area contributed by atoms with Gasteiger partial charge in [-0.2, -0.15) is 0 Å². The average Bonchev–Trinajstić information content (AvgIpc) is 2.27. The van der Waals surface area contributed by atoms with Gasteiger partial charge in [-0.15, -0.1) is 0 Å². The number of benzene rings is 1. The molecule has 1 rings (SSSR count). The van der Waals surface area contributed by atoms with E-state index in [-0.39, 0.29) is 11.3 Å². The Balaban J connectivity index is 3.38. The molecule has 0 aliphatic carbocycles. The average molecular weight is 269 g/mol. The SMILES string of the molecule is CC(=O)N(C(C)C)C(C(=O)O)c1cc(F)ccc1O. The van der Waals surface area contributed by atoms with Gasteiger partial charge in [0, 0.05) is 18.5 Å². The molecule has 0 aliphatic rings. The molecule has 19 heavy (non-hydrogen) atoms. The Morgan fingerprint density at radius 2 is 1.89 bits per heavy atom. The Kier molecular flexibility index (Phi) is 4.47. The molecule has 0 fully saturated rings. The highest BCUT2D eigenvalue weighted by Gasteiger charge is 2.33. The molecule has 1 atom stereocenters. The first kappa shape index (κ1) is 14.9. The molecule has 0 saturated carbocycles. The van der Waals surface area contributed by atoms with Crippen LogP contribution in [-0.2, 0) is 9.59 Å². The van der Waals surface area contributed by atoms with Gasteiger partial charge in [-0.25, -0.2) is 9.18 Å². The number of carboxylic acid groups (broad SMARTS) is 1. The maximum absolute atomic E-state index is 13.2. The number of aromatic hydroxyl groups is 1. The van der Waals surface area contributed by atoms with Crippen molar-refractivity contribution >= 4 is 11.9 Å². The summed E-state index contributed by atoms with van der Waals surface area (Å²) in [5.41, 5.74) is -0.142. The molecule has 1 unspecified atom stereocenters. The van der Waals surface area contributed by atoms with Crippen LogP contribution in [0, 0.1) is 5.82 Å². The third kappa shape index (κ3) is 3.21. The molecule has 0 aliphatic heterocycles. The number of phenols is 1. The number of amides is 1. The lowest BCUT2D eigenvalue weighted by Gasteiger charge is -2.32. The molecule has 0 radical (unpaired) electrons. The van der Waals surface area contributed by atoms with Crippen molar-refractivity contribution in [2.45, 2.75) is 32.9 Å². The van der Waals surface area contributed by atoms with E-state index in [1.54, 1.807) is 13.8 Å². The van der Waals surface area contributed by atoms with Gasteiger partial charge in [0.2, 0.25) is 5.91 Å². The second-order valence-corrected chi connectivity index (χ2v) is 4.46. The van der Waals surface area contributed by atoms with Crippen LogP contribution in [0.5, 0.6) is 5.75 Å². The fraction of sp³-hybridized carbons (Fsp3) is 0.385. The Bertz CT molecular complexity index is 501. The van der Waals surface area contributed by atoms with Gasteiger partial charge in [0.1, 0.15) is 11.6 Å². The first-order valence-corrected chi connectivity index (χ1v) is 5.75. The van der Waals surface area contributed by atoms with E-state index in [4.69, 9.17) is 0 Å². The maximum Gasteiger partial charge on any atom is 0.331 e. The number of hydrogen-bond acceptors (Lipinski definition) is 3. The third-order valence-corrected chi connectivity index (χ3v) is 2.72. The molecule has 1 aromatic rings. The highest BCUT2D eigenvalue weighted by Crippen LogP contribution is 2.31. The van der Waals surface area contributed by atoms with Crippen molar-refractivity contribution in [3.8, 4) is 5.75 Å². The van der Waals surface area contributed by atoms with E-state index in [9.17, 15) is 24.2 Å². The number of hydrogen-bond donors (Lipinski definition) is 2. The predicted molar refractivity (Wildman–Crippen MR) is 66.1 cm³/mol. The van der Waals surface area contributed by atoms with E-state index in [0.717, 1.165) is 23.1 Å². The quantitative estimate of drug-likeness (QED) is 0.875. The maximum atomic E-state index is 13.2. The van der Waals surface area contributed by atoms with Crippen LogP contribution < -0.4 is 0 Å². The van der Waals surface area contributed by atoms with Gasteiger partial charge in [0.25, 0.3) is 0 Å². The molecule has 0 bridgehead atoms. The monoisotopic (exact) mass is 269 g/mol. The lowest BCUT2D eigenvalue weighted by atomic mass is 10.0. The molecular formula is C13H16FNO4. The van der Waals surface area contributed by atoms with Crippen LogP contribution in [0.15, 0.2) is 18.2 Å². The summed E-state index contributed by atoms with van der Waals surface area (Å²) in [6.45, 7) is 4.52. The summed E-state index contributed by atoms with van der Waals surface area (Å²) in [4.78, 5) is 24.1. The minimum atomic E-state index is -1.42. The zero-order valence-corrected chi connectivity index (χ0v) is 10.9. The second-order valence-electron chi connectivity index (χ2n) is 4.46. The molecule has 6 heteroatoms. The van der Waals surface area contributed by atoms with Crippen LogP contribution in [0.2, 0.25) is 0 Å². The van der Waals surface area contributed by atoms with E-state index in [1.807, 2.05) is 0 Å².